The quantitative estimate of drug-likeness (QED) is 0.240. The van der Waals surface area contributed by atoms with E-state index in [1.54, 1.807) is 18.2 Å². The Kier molecular flexibility index (Phi) is 7.46. The van der Waals surface area contributed by atoms with E-state index < -0.39 is 15.7 Å². The largest absolute Gasteiger partial charge is 0.493 e. The summed E-state index contributed by atoms with van der Waals surface area (Å²) in [5, 5.41) is 19.0. The van der Waals surface area contributed by atoms with Crippen molar-refractivity contribution >= 4 is 38.3 Å². The van der Waals surface area contributed by atoms with E-state index in [-0.39, 0.29) is 28.4 Å². The molecule has 0 saturated heterocycles. The lowest BCUT2D eigenvalue weighted by molar-refractivity contribution is -0.112. The minimum atomic E-state index is -3.57. The highest BCUT2D eigenvalue weighted by Crippen LogP contribution is 2.40. The molecule has 12 nitrogen and oxygen atoms in total. The van der Waals surface area contributed by atoms with Crippen LogP contribution in [0.2, 0.25) is 0 Å². The summed E-state index contributed by atoms with van der Waals surface area (Å²) in [6, 6.07) is 10.4. The van der Waals surface area contributed by atoms with Crippen molar-refractivity contribution in [3.05, 3.63) is 47.0 Å². The van der Waals surface area contributed by atoms with Crippen molar-refractivity contribution in [2.24, 2.45) is 0 Å². The Morgan fingerprint density at radius 3 is 2.49 bits per heavy atom. The summed E-state index contributed by atoms with van der Waals surface area (Å²) in [4.78, 5) is 12.6. The van der Waals surface area contributed by atoms with Crippen LogP contribution in [0, 0.1) is 11.3 Å². The molecule has 1 aliphatic rings. The van der Waals surface area contributed by atoms with E-state index in [2.05, 4.69) is 15.5 Å². The van der Waals surface area contributed by atoms with Gasteiger partial charge in [-0.15, -0.1) is 10.2 Å². The zero-order valence-corrected chi connectivity index (χ0v) is 21.4. The van der Waals surface area contributed by atoms with Gasteiger partial charge in [0, 0.05) is 6.26 Å². The molecule has 1 aromatic heterocycles. The third kappa shape index (κ3) is 5.90. The number of anilines is 1. The van der Waals surface area contributed by atoms with Crippen molar-refractivity contribution in [1.29, 1.82) is 5.26 Å². The third-order valence-corrected chi connectivity index (χ3v) is 7.43. The van der Waals surface area contributed by atoms with E-state index in [0.717, 1.165) is 11.8 Å². The number of sulfone groups is 1. The van der Waals surface area contributed by atoms with Crippen LogP contribution in [0.25, 0.3) is 6.08 Å². The average molecular weight is 545 g/mol. The molecule has 1 N–H and O–H groups in total. The highest BCUT2D eigenvalue weighted by atomic mass is 32.2. The number of ether oxygens (including phenoxy) is 5. The highest BCUT2D eigenvalue weighted by molar-refractivity contribution is 7.92. The Labute approximate surface area is 215 Å². The van der Waals surface area contributed by atoms with Crippen LogP contribution in [0.4, 0.5) is 5.13 Å². The van der Waals surface area contributed by atoms with Crippen LogP contribution in [0.15, 0.2) is 40.2 Å². The van der Waals surface area contributed by atoms with E-state index >= 15 is 0 Å². The van der Waals surface area contributed by atoms with Gasteiger partial charge in [-0.2, -0.15) is 5.26 Å². The molecule has 0 unspecified atom stereocenters. The molecule has 1 aliphatic heterocycles. The zero-order valence-electron chi connectivity index (χ0n) is 19.8. The molecule has 1 amide bonds. The predicted octanol–water partition coefficient (Wildman–Crippen LogP) is 2.81. The molecule has 4 rings (SSSR count). The second kappa shape index (κ2) is 10.7. The van der Waals surface area contributed by atoms with Gasteiger partial charge in [0.2, 0.25) is 31.9 Å². The molecule has 3 aromatic rings. The van der Waals surface area contributed by atoms with Gasteiger partial charge in [-0.05, 0) is 41.5 Å². The zero-order chi connectivity index (χ0) is 26.6. The first kappa shape index (κ1) is 25.7. The third-order valence-electron chi connectivity index (χ3n) is 4.92. The lowest BCUT2D eigenvalue weighted by Gasteiger charge is -2.15. The smallest absolute Gasteiger partial charge is 0.268 e. The number of nitriles is 1. The van der Waals surface area contributed by atoms with Gasteiger partial charge in [-0.3, -0.25) is 10.1 Å². The van der Waals surface area contributed by atoms with Crippen LogP contribution in [0.1, 0.15) is 11.1 Å². The normalized spacial score (nSPS) is 12.5. The number of rotatable bonds is 9. The number of methoxy groups -OCH3 is 2. The molecule has 0 saturated carbocycles. The number of fused-ring (bicyclic) bond motifs is 1. The molecule has 192 valence electrons. The van der Waals surface area contributed by atoms with Gasteiger partial charge in [0.1, 0.15) is 18.2 Å². The molecule has 0 fully saturated rings. The fourth-order valence-corrected chi connectivity index (χ4v) is 4.71. The van der Waals surface area contributed by atoms with Gasteiger partial charge < -0.3 is 23.7 Å². The summed E-state index contributed by atoms with van der Waals surface area (Å²) in [7, 11) is -0.681. The number of nitrogens with one attached hydrogen (secondary N) is 1. The van der Waals surface area contributed by atoms with Crippen molar-refractivity contribution in [2.45, 2.75) is 10.9 Å². The maximum absolute atomic E-state index is 12.6. The van der Waals surface area contributed by atoms with Gasteiger partial charge >= 0.3 is 0 Å². The van der Waals surface area contributed by atoms with Gasteiger partial charge in [0.15, 0.2) is 23.0 Å². The maximum atomic E-state index is 12.6. The lowest BCUT2D eigenvalue weighted by Crippen LogP contribution is -2.13. The van der Waals surface area contributed by atoms with Crippen molar-refractivity contribution in [1.82, 2.24) is 10.2 Å². The van der Waals surface area contributed by atoms with E-state index in [9.17, 15) is 18.5 Å². The number of benzene rings is 2. The first-order valence-corrected chi connectivity index (χ1v) is 13.2. The van der Waals surface area contributed by atoms with Crippen LogP contribution >= 0.6 is 11.3 Å². The number of nitrogens with zero attached hydrogens (tertiary/aromatic N) is 3. The number of hydrogen-bond acceptors (Lipinski definition) is 12. The number of hydrogen-bond donors (Lipinski definition) is 1. The monoisotopic (exact) mass is 544 g/mol. The van der Waals surface area contributed by atoms with Crippen LogP contribution < -0.4 is 29.0 Å². The number of carbonyl (C=O) groups excluding carboxylic acids is 1. The minimum Gasteiger partial charge on any atom is -0.493 e. The molecular formula is C23H20N4O8S2. The first-order chi connectivity index (χ1) is 17.7. The lowest BCUT2D eigenvalue weighted by atomic mass is 10.1. The molecule has 0 atom stereocenters. The van der Waals surface area contributed by atoms with Crippen LogP contribution in [0.3, 0.4) is 0 Å². The Bertz CT molecular complexity index is 1500. The molecule has 0 radical (unpaired) electrons. The number of amides is 1. The Balaban J connectivity index is 1.55. The van der Waals surface area contributed by atoms with Gasteiger partial charge in [-0.1, -0.05) is 17.4 Å². The van der Waals surface area contributed by atoms with E-state index in [0.29, 0.717) is 45.6 Å². The summed E-state index contributed by atoms with van der Waals surface area (Å²) in [5.41, 5.74) is 0.982. The van der Waals surface area contributed by atoms with E-state index in [4.69, 9.17) is 23.7 Å². The second-order valence-electron chi connectivity index (χ2n) is 7.50. The number of carbonyl (C=O) groups is 1. The maximum Gasteiger partial charge on any atom is 0.268 e. The molecule has 14 heteroatoms. The Morgan fingerprint density at radius 2 is 1.86 bits per heavy atom. The minimum absolute atomic E-state index is 0.0611. The van der Waals surface area contributed by atoms with Gasteiger partial charge in [-0.25, -0.2) is 8.42 Å². The summed E-state index contributed by atoms with van der Waals surface area (Å²) < 4.78 is 50.5. The van der Waals surface area contributed by atoms with E-state index in [1.807, 2.05) is 18.2 Å². The first-order valence-electron chi connectivity index (χ1n) is 10.5. The Hall–Kier alpha value is -4.35. The average Bonchev–Trinajstić information content (AvgIpc) is 3.55. The van der Waals surface area contributed by atoms with Crippen LogP contribution in [-0.2, 0) is 21.2 Å². The fraction of sp³-hybridized carbons (Fsp3) is 0.217. The van der Waals surface area contributed by atoms with Crippen molar-refractivity contribution in [3.8, 4) is 34.8 Å². The summed E-state index contributed by atoms with van der Waals surface area (Å²) in [6.45, 7) is 0.350. The molecular weight excluding hydrogens is 524 g/mol. The standard InChI is InChI=1S/C23H20N4O8S2/c1-31-18-8-14(6-15(10-24)21(28)25-22-26-27-23(36-22)37(3,29)30)9-19(32-2)20(18)33-11-13-4-5-16-17(7-13)35-12-34-16/h4-9H,11-12H2,1-3H3,(H,25,26,28)/b15-6-. The van der Waals surface area contributed by atoms with Crippen molar-refractivity contribution in [3.63, 3.8) is 0 Å². The van der Waals surface area contributed by atoms with Gasteiger partial charge in [0.05, 0.1) is 14.2 Å². The summed E-state index contributed by atoms with van der Waals surface area (Å²) >= 11 is 0.676. The molecule has 0 aliphatic carbocycles. The van der Waals surface area contributed by atoms with Crippen LogP contribution in [-0.4, -0.2) is 51.8 Å². The fourth-order valence-electron chi connectivity index (χ4n) is 3.20. The van der Waals surface area contributed by atoms with Crippen molar-refractivity contribution in [2.75, 3.05) is 32.6 Å². The molecule has 2 aromatic carbocycles. The predicted molar refractivity (Wildman–Crippen MR) is 132 cm³/mol. The SMILES string of the molecule is COc1cc(/C=C(/C#N)C(=O)Nc2nnc(S(C)(=O)=O)s2)cc(OC)c1OCc1ccc2c(c1)OCO2. The molecule has 2 heterocycles. The number of aromatic nitrogens is 2. The highest BCUT2D eigenvalue weighted by Gasteiger charge is 2.20. The second-order valence-corrected chi connectivity index (χ2v) is 10.7. The summed E-state index contributed by atoms with van der Waals surface area (Å²) in [6.07, 6.45) is 2.30. The summed E-state index contributed by atoms with van der Waals surface area (Å²) in [5.74, 6) is 1.44. The van der Waals surface area contributed by atoms with Crippen molar-refractivity contribution < 1.29 is 36.9 Å². The molecule has 0 bridgehead atoms. The van der Waals surface area contributed by atoms with Crippen LogP contribution in [0.5, 0.6) is 28.7 Å². The molecule has 37 heavy (non-hydrogen) atoms. The molecule has 0 spiro atoms. The van der Waals surface area contributed by atoms with Gasteiger partial charge in [0.25, 0.3) is 5.91 Å². The van der Waals surface area contributed by atoms with E-state index in [1.165, 1.54) is 20.3 Å². The Morgan fingerprint density at radius 1 is 1.16 bits per heavy atom. The topological polar surface area (TPSA) is 159 Å².